The van der Waals surface area contributed by atoms with E-state index < -0.39 is 5.91 Å². The summed E-state index contributed by atoms with van der Waals surface area (Å²) in [5.74, 6) is -0.755. The standard InChI is InChI=1S/C21H22FN5O2/c22-16-7-5-15(6-8-16)14-26-11-2-4-19(21(26)29)24-20(28)18-9-12-27(25-18)17-3-1-10-23-13-17/h2,4-9,11-12,17,23H,1,3,10,13-14H2,(H,24,28). The number of nitrogens with one attached hydrogen (secondary N) is 2. The number of anilines is 1. The van der Waals surface area contributed by atoms with Crippen molar-refractivity contribution >= 4 is 11.6 Å². The molecular weight excluding hydrogens is 373 g/mol. The van der Waals surface area contributed by atoms with E-state index in [0.717, 1.165) is 31.5 Å². The highest BCUT2D eigenvalue weighted by atomic mass is 19.1. The van der Waals surface area contributed by atoms with Crippen LogP contribution in [0.2, 0.25) is 0 Å². The lowest BCUT2D eigenvalue weighted by atomic mass is 10.1. The van der Waals surface area contributed by atoms with Gasteiger partial charge in [0.1, 0.15) is 11.5 Å². The molecule has 2 aromatic heterocycles. The molecule has 29 heavy (non-hydrogen) atoms. The quantitative estimate of drug-likeness (QED) is 0.695. The van der Waals surface area contributed by atoms with Gasteiger partial charge in [-0.05, 0) is 55.3 Å². The molecule has 1 aliphatic heterocycles. The Morgan fingerprint density at radius 1 is 1.21 bits per heavy atom. The Morgan fingerprint density at radius 3 is 2.79 bits per heavy atom. The van der Waals surface area contributed by atoms with Crippen molar-refractivity contribution in [3.8, 4) is 0 Å². The molecule has 2 N–H and O–H groups in total. The molecule has 8 heteroatoms. The van der Waals surface area contributed by atoms with Crippen LogP contribution in [0.1, 0.15) is 34.9 Å². The van der Waals surface area contributed by atoms with E-state index in [2.05, 4.69) is 15.7 Å². The van der Waals surface area contributed by atoms with Gasteiger partial charge in [-0.1, -0.05) is 12.1 Å². The number of piperidine rings is 1. The fourth-order valence-corrected chi connectivity index (χ4v) is 3.45. The molecule has 1 amide bonds. The maximum Gasteiger partial charge on any atom is 0.276 e. The third-order valence-corrected chi connectivity index (χ3v) is 5.02. The number of carbonyl (C=O) groups is 1. The third kappa shape index (κ3) is 4.43. The monoisotopic (exact) mass is 395 g/mol. The highest BCUT2D eigenvalue weighted by Crippen LogP contribution is 2.16. The number of amides is 1. The van der Waals surface area contributed by atoms with E-state index in [4.69, 9.17) is 0 Å². The molecule has 3 aromatic rings. The first-order valence-electron chi connectivity index (χ1n) is 9.61. The Labute approximate surface area is 167 Å². The Morgan fingerprint density at radius 2 is 2.03 bits per heavy atom. The van der Waals surface area contributed by atoms with Gasteiger partial charge in [-0.15, -0.1) is 0 Å². The maximum absolute atomic E-state index is 13.1. The molecule has 7 nitrogen and oxygen atoms in total. The molecule has 0 radical (unpaired) electrons. The first kappa shape index (κ1) is 19.1. The Kier molecular flexibility index (Phi) is 5.53. The van der Waals surface area contributed by atoms with Crippen molar-refractivity contribution in [3.05, 3.63) is 82.3 Å². The Balaban J connectivity index is 1.48. The second-order valence-electron chi connectivity index (χ2n) is 7.12. The van der Waals surface area contributed by atoms with E-state index in [1.807, 2.05) is 0 Å². The molecule has 0 bridgehead atoms. The highest BCUT2D eigenvalue weighted by Gasteiger charge is 2.18. The molecular formula is C21H22FN5O2. The van der Waals surface area contributed by atoms with Crippen LogP contribution in [0.3, 0.4) is 0 Å². The zero-order valence-electron chi connectivity index (χ0n) is 15.8. The summed E-state index contributed by atoms with van der Waals surface area (Å²) in [6.45, 7) is 2.12. The molecule has 0 saturated carbocycles. The normalized spacial score (nSPS) is 16.5. The van der Waals surface area contributed by atoms with Crippen LogP contribution in [0.25, 0.3) is 0 Å². The van der Waals surface area contributed by atoms with Crippen molar-refractivity contribution in [3.63, 3.8) is 0 Å². The molecule has 1 aromatic carbocycles. The van der Waals surface area contributed by atoms with Crippen LogP contribution in [-0.2, 0) is 6.54 Å². The molecule has 1 fully saturated rings. The first-order chi connectivity index (χ1) is 14.1. The summed E-state index contributed by atoms with van der Waals surface area (Å²) in [4.78, 5) is 25.3. The summed E-state index contributed by atoms with van der Waals surface area (Å²) in [6.07, 6.45) is 5.52. The summed E-state index contributed by atoms with van der Waals surface area (Å²) in [7, 11) is 0. The number of nitrogens with zero attached hydrogens (tertiary/aromatic N) is 3. The van der Waals surface area contributed by atoms with Gasteiger partial charge in [0.05, 0.1) is 12.6 Å². The Bertz CT molecular complexity index is 1050. The number of halogens is 1. The summed E-state index contributed by atoms with van der Waals surface area (Å²) < 4.78 is 16.3. The van der Waals surface area contributed by atoms with Crippen LogP contribution in [0.5, 0.6) is 0 Å². The number of hydrogen-bond acceptors (Lipinski definition) is 4. The predicted molar refractivity (Wildman–Crippen MR) is 108 cm³/mol. The van der Waals surface area contributed by atoms with Gasteiger partial charge in [-0.25, -0.2) is 4.39 Å². The molecule has 3 heterocycles. The lowest BCUT2D eigenvalue weighted by Crippen LogP contribution is -2.32. The van der Waals surface area contributed by atoms with Crippen molar-refractivity contribution in [1.29, 1.82) is 0 Å². The average molecular weight is 395 g/mol. The summed E-state index contributed by atoms with van der Waals surface area (Å²) in [5.41, 5.74) is 0.898. The fourth-order valence-electron chi connectivity index (χ4n) is 3.45. The maximum atomic E-state index is 13.1. The topological polar surface area (TPSA) is 81.0 Å². The van der Waals surface area contributed by atoms with E-state index in [1.54, 1.807) is 47.4 Å². The zero-order valence-corrected chi connectivity index (χ0v) is 15.8. The van der Waals surface area contributed by atoms with Gasteiger partial charge in [0, 0.05) is 18.9 Å². The third-order valence-electron chi connectivity index (χ3n) is 5.02. The molecule has 0 aliphatic carbocycles. The number of pyridine rings is 1. The Hall–Kier alpha value is -3.26. The van der Waals surface area contributed by atoms with Gasteiger partial charge in [-0.3, -0.25) is 14.3 Å². The van der Waals surface area contributed by atoms with E-state index in [0.29, 0.717) is 0 Å². The number of benzene rings is 1. The summed E-state index contributed by atoms with van der Waals surface area (Å²) >= 11 is 0. The van der Waals surface area contributed by atoms with Gasteiger partial charge in [-0.2, -0.15) is 5.10 Å². The largest absolute Gasteiger partial charge is 0.316 e. The van der Waals surface area contributed by atoms with Gasteiger partial charge in [0.15, 0.2) is 5.69 Å². The number of carbonyl (C=O) groups excluding carboxylic acids is 1. The smallest absolute Gasteiger partial charge is 0.276 e. The van der Waals surface area contributed by atoms with Crippen molar-refractivity contribution in [2.45, 2.75) is 25.4 Å². The average Bonchev–Trinajstić information content (AvgIpc) is 3.24. The molecule has 0 spiro atoms. The van der Waals surface area contributed by atoms with Gasteiger partial charge >= 0.3 is 0 Å². The van der Waals surface area contributed by atoms with Crippen LogP contribution < -0.4 is 16.2 Å². The van der Waals surface area contributed by atoms with Gasteiger partial charge in [0.25, 0.3) is 11.5 Å². The van der Waals surface area contributed by atoms with Crippen LogP contribution in [0.15, 0.2) is 59.7 Å². The van der Waals surface area contributed by atoms with Crippen molar-refractivity contribution in [2.24, 2.45) is 0 Å². The second kappa shape index (κ2) is 8.40. The molecule has 1 aliphatic rings. The summed E-state index contributed by atoms with van der Waals surface area (Å²) in [6, 6.07) is 11.1. The lowest BCUT2D eigenvalue weighted by molar-refractivity contribution is 0.102. The fraction of sp³-hybridized carbons (Fsp3) is 0.286. The summed E-state index contributed by atoms with van der Waals surface area (Å²) in [5, 5.41) is 10.4. The minimum absolute atomic E-state index is 0.175. The SMILES string of the molecule is O=C(Nc1cccn(Cc2ccc(F)cc2)c1=O)c1ccn(C2CCCNC2)n1. The zero-order chi connectivity index (χ0) is 20.2. The van der Waals surface area contributed by atoms with E-state index in [1.165, 1.54) is 16.7 Å². The molecule has 1 atom stereocenters. The van der Waals surface area contributed by atoms with Gasteiger partial charge in [0.2, 0.25) is 0 Å². The molecule has 1 saturated heterocycles. The van der Waals surface area contributed by atoms with E-state index in [9.17, 15) is 14.0 Å². The molecule has 4 rings (SSSR count). The van der Waals surface area contributed by atoms with Crippen molar-refractivity contribution in [2.75, 3.05) is 18.4 Å². The number of hydrogen-bond donors (Lipinski definition) is 2. The van der Waals surface area contributed by atoms with E-state index in [-0.39, 0.29) is 35.3 Å². The molecule has 1 unspecified atom stereocenters. The van der Waals surface area contributed by atoms with Crippen LogP contribution in [0.4, 0.5) is 10.1 Å². The van der Waals surface area contributed by atoms with Crippen molar-refractivity contribution in [1.82, 2.24) is 19.7 Å². The van der Waals surface area contributed by atoms with Gasteiger partial charge < -0.3 is 15.2 Å². The second-order valence-corrected chi connectivity index (χ2v) is 7.12. The van der Waals surface area contributed by atoms with Crippen molar-refractivity contribution < 1.29 is 9.18 Å². The number of rotatable bonds is 5. The minimum Gasteiger partial charge on any atom is -0.316 e. The van der Waals surface area contributed by atoms with Crippen LogP contribution in [0, 0.1) is 5.82 Å². The predicted octanol–water partition coefficient (Wildman–Crippen LogP) is 2.41. The number of aromatic nitrogens is 3. The van der Waals surface area contributed by atoms with Crippen LogP contribution in [-0.4, -0.2) is 33.3 Å². The van der Waals surface area contributed by atoms with Crippen LogP contribution >= 0.6 is 0 Å². The first-order valence-corrected chi connectivity index (χ1v) is 9.61. The highest BCUT2D eigenvalue weighted by molar-refractivity contribution is 6.02. The lowest BCUT2D eigenvalue weighted by Gasteiger charge is -2.22. The molecule has 150 valence electrons. The minimum atomic E-state index is -0.427. The van der Waals surface area contributed by atoms with E-state index >= 15 is 0 Å².